The Hall–Kier alpha value is -1.60. The van der Waals surface area contributed by atoms with Crippen LogP contribution in [0.2, 0.25) is 10.2 Å². The van der Waals surface area contributed by atoms with Crippen LogP contribution in [0.3, 0.4) is 0 Å². The maximum Gasteiger partial charge on any atom is 0.410 e. The molecule has 0 atom stereocenters. The van der Waals surface area contributed by atoms with Crippen molar-refractivity contribution < 1.29 is 9.53 Å². The molecule has 142 valence electrons. The third-order valence-electron chi connectivity index (χ3n) is 3.32. The zero-order valence-electron chi connectivity index (χ0n) is 15.6. The van der Waals surface area contributed by atoms with Crippen molar-refractivity contribution in [3.63, 3.8) is 0 Å². The molecule has 0 saturated heterocycles. The number of amides is 1. The van der Waals surface area contributed by atoms with E-state index in [-0.39, 0.29) is 6.09 Å². The van der Waals surface area contributed by atoms with Crippen LogP contribution in [0.4, 0.5) is 4.79 Å². The number of likely N-dealkylation sites (N-methyl/N-ethyl adjacent to an activating group) is 1. The number of nitrogens with zero attached hydrogens (tertiary/aromatic N) is 3. The molecule has 0 aliphatic carbocycles. The van der Waals surface area contributed by atoms with Gasteiger partial charge < -0.3 is 24.8 Å². The van der Waals surface area contributed by atoms with E-state index in [9.17, 15) is 4.79 Å². The Labute approximate surface area is 159 Å². The van der Waals surface area contributed by atoms with Crippen LogP contribution < -0.4 is 10.6 Å². The average Bonchev–Trinajstić information content (AvgIpc) is 2.76. The highest BCUT2D eigenvalue weighted by Gasteiger charge is 2.19. The molecule has 0 unspecified atom stereocenters. The smallest absolute Gasteiger partial charge is 0.410 e. The van der Waals surface area contributed by atoms with Gasteiger partial charge in [0.05, 0.1) is 11.6 Å². The maximum atomic E-state index is 11.9. The van der Waals surface area contributed by atoms with Crippen LogP contribution in [0, 0.1) is 0 Å². The van der Waals surface area contributed by atoms with Gasteiger partial charge in [0.1, 0.15) is 10.8 Å². The van der Waals surface area contributed by atoms with Crippen LogP contribution in [0.5, 0.6) is 0 Å². The lowest BCUT2D eigenvalue weighted by Crippen LogP contribution is -2.43. The van der Waals surface area contributed by atoms with Crippen LogP contribution >= 0.6 is 23.2 Å². The molecular weight excluding hydrogens is 365 g/mol. The van der Waals surface area contributed by atoms with Crippen LogP contribution in [0.15, 0.2) is 11.1 Å². The van der Waals surface area contributed by atoms with E-state index in [1.54, 1.807) is 24.7 Å². The van der Waals surface area contributed by atoms with Gasteiger partial charge in [-0.25, -0.2) is 4.79 Å². The maximum absolute atomic E-state index is 11.9. The van der Waals surface area contributed by atoms with Gasteiger partial charge >= 0.3 is 6.09 Å². The number of aromatic nitrogens is 1. The zero-order valence-corrected chi connectivity index (χ0v) is 17.1. The average molecular weight is 392 g/mol. The molecule has 1 aromatic rings. The summed E-state index contributed by atoms with van der Waals surface area (Å²) >= 11 is 12.1. The van der Waals surface area contributed by atoms with Crippen molar-refractivity contribution in [1.29, 1.82) is 0 Å². The molecule has 0 aliphatic heterocycles. The highest BCUT2D eigenvalue weighted by Crippen LogP contribution is 2.24. The van der Waals surface area contributed by atoms with Crippen LogP contribution in [-0.2, 0) is 18.3 Å². The van der Waals surface area contributed by atoms with Gasteiger partial charge in [-0.2, -0.15) is 0 Å². The molecule has 0 saturated carbocycles. The molecule has 0 spiro atoms. The Morgan fingerprint density at radius 3 is 2.48 bits per heavy atom. The van der Waals surface area contributed by atoms with Gasteiger partial charge in [0.15, 0.2) is 5.96 Å². The first kappa shape index (κ1) is 21.4. The van der Waals surface area contributed by atoms with Crippen molar-refractivity contribution in [3.05, 3.63) is 21.9 Å². The van der Waals surface area contributed by atoms with Gasteiger partial charge in [0.2, 0.25) is 0 Å². The molecule has 9 heteroatoms. The van der Waals surface area contributed by atoms with Crippen molar-refractivity contribution in [2.45, 2.75) is 32.9 Å². The van der Waals surface area contributed by atoms with Crippen LogP contribution in [0.1, 0.15) is 26.5 Å². The molecule has 1 rings (SSSR count). The number of aliphatic imine (C=N–C) groups is 1. The predicted octanol–water partition coefficient (Wildman–Crippen LogP) is 2.86. The monoisotopic (exact) mass is 391 g/mol. The van der Waals surface area contributed by atoms with E-state index in [0.717, 1.165) is 5.69 Å². The highest BCUT2D eigenvalue weighted by molar-refractivity contribution is 6.41. The molecule has 7 nitrogen and oxygen atoms in total. The SMILES string of the molecule is CN=C(NCCN(C)C(=O)OC(C)(C)C)NCc1cc(Cl)c(Cl)n1C. The molecular formula is C16H27Cl2N5O2. The molecule has 0 radical (unpaired) electrons. The molecule has 2 N–H and O–H groups in total. The number of halogens is 2. The Morgan fingerprint density at radius 1 is 1.36 bits per heavy atom. The van der Waals surface area contributed by atoms with Crippen molar-refractivity contribution >= 4 is 35.3 Å². The summed E-state index contributed by atoms with van der Waals surface area (Å²) in [6.45, 7) is 7.05. The summed E-state index contributed by atoms with van der Waals surface area (Å²) < 4.78 is 7.11. The fourth-order valence-electron chi connectivity index (χ4n) is 1.93. The van der Waals surface area contributed by atoms with Gasteiger partial charge in [0, 0.05) is 39.9 Å². The Bertz CT molecular complexity index is 623. The Morgan fingerprint density at radius 2 is 2.00 bits per heavy atom. The second-order valence-electron chi connectivity index (χ2n) is 6.59. The third kappa shape index (κ3) is 7.04. The third-order valence-corrected chi connectivity index (χ3v) is 4.16. The molecule has 1 aromatic heterocycles. The van der Waals surface area contributed by atoms with E-state index in [4.69, 9.17) is 27.9 Å². The molecule has 0 aromatic carbocycles. The van der Waals surface area contributed by atoms with Gasteiger partial charge in [-0.3, -0.25) is 4.99 Å². The molecule has 25 heavy (non-hydrogen) atoms. The molecule has 0 bridgehead atoms. The topological polar surface area (TPSA) is 70.9 Å². The number of carbonyl (C=O) groups is 1. The molecule has 0 aliphatic rings. The first-order valence-electron chi connectivity index (χ1n) is 7.93. The number of hydrogen-bond donors (Lipinski definition) is 2. The van der Waals surface area contributed by atoms with Crippen LogP contribution in [0.25, 0.3) is 0 Å². The minimum atomic E-state index is -0.506. The summed E-state index contributed by atoms with van der Waals surface area (Å²) in [6, 6.07) is 1.81. The van der Waals surface area contributed by atoms with E-state index < -0.39 is 5.60 Å². The van der Waals surface area contributed by atoms with Crippen molar-refractivity contribution in [2.24, 2.45) is 12.0 Å². The van der Waals surface area contributed by atoms with E-state index >= 15 is 0 Å². The number of guanidine groups is 1. The summed E-state index contributed by atoms with van der Waals surface area (Å²) in [6.07, 6.45) is -0.356. The molecule has 1 heterocycles. The summed E-state index contributed by atoms with van der Waals surface area (Å²) in [5, 5.41) is 7.33. The second kappa shape index (κ2) is 9.20. The lowest BCUT2D eigenvalue weighted by Gasteiger charge is -2.24. The first-order chi connectivity index (χ1) is 11.5. The predicted molar refractivity (Wildman–Crippen MR) is 102 cm³/mol. The van der Waals surface area contributed by atoms with Gasteiger partial charge in [0.25, 0.3) is 0 Å². The van der Waals surface area contributed by atoms with E-state index in [0.29, 0.717) is 35.8 Å². The number of nitrogens with one attached hydrogen (secondary N) is 2. The number of ether oxygens (including phenoxy) is 1. The van der Waals surface area contributed by atoms with Gasteiger partial charge in [-0.15, -0.1) is 0 Å². The Kier molecular flexibility index (Phi) is 7.89. The summed E-state index contributed by atoms with van der Waals surface area (Å²) in [7, 11) is 5.22. The van der Waals surface area contributed by atoms with Gasteiger partial charge in [-0.05, 0) is 26.8 Å². The van der Waals surface area contributed by atoms with E-state index in [1.165, 1.54) is 4.90 Å². The van der Waals surface area contributed by atoms with E-state index in [1.807, 2.05) is 27.8 Å². The molecule has 1 amide bonds. The minimum Gasteiger partial charge on any atom is -0.444 e. The normalized spacial score (nSPS) is 12.1. The van der Waals surface area contributed by atoms with E-state index in [2.05, 4.69) is 15.6 Å². The fourth-order valence-corrected chi connectivity index (χ4v) is 2.34. The first-order valence-corrected chi connectivity index (χ1v) is 8.69. The van der Waals surface area contributed by atoms with Crippen molar-refractivity contribution in [1.82, 2.24) is 20.1 Å². The van der Waals surface area contributed by atoms with Crippen LogP contribution in [-0.4, -0.2) is 54.3 Å². The number of carbonyl (C=O) groups excluding carboxylic acids is 1. The zero-order chi connectivity index (χ0) is 19.2. The van der Waals surface area contributed by atoms with Gasteiger partial charge in [-0.1, -0.05) is 23.2 Å². The Balaban J connectivity index is 2.42. The molecule has 0 fully saturated rings. The lowest BCUT2D eigenvalue weighted by atomic mass is 10.2. The van der Waals surface area contributed by atoms with Crippen molar-refractivity contribution in [2.75, 3.05) is 27.2 Å². The summed E-state index contributed by atoms with van der Waals surface area (Å²) in [5.74, 6) is 0.617. The second-order valence-corrected chi connectivity index (χ2v) is 7.35. The van der Waals surface area contributed by atoms with Crippen molar-refractivity contribution in [3.8, 4) is 0 Å². The minimum absolute atomic E-state index is 0.356. The highest BCUT2D eigenvalue weighted by atomic mass is 35.5. The quantitative estimate of drug-likeness (QED) is 0.597. The standard InChI is InChI=1S/C16H27Cl2N5O2/c1-16(2,3)25-15(24)22(5)8-7-20-14(19-4)21-10-11-9-12(17)13(18)23(11)6/h9H,7-8,10H2,1-6H3,(H2,19,20,21). The largest absolute Gasteiger partial charge is 0.444 e. The summed E-state index contributed by atoms with van der Waals surface area (Å²) in [4.78, 5) is 17.6. The number of rotatable bonds is 5. The number of hydrogen-bond acceptors (Lipinski definition) is 3. The lowest BCUT2D eigenvalue weighted by molar-refractivity contribution is 0.0302. The fraction of sp³-hybridized carbons (Fsp3) is 0.625. The summed E-state index contributed by atoms with van der Waals surface area (Å²) in [5.41, 5.74) is 0.428.